The lowest BCUT2D eigenvalue weighted by molar-refractivity contribution is -0.130. The molecule has 0 radical (unpaired) electrons. The Bertz CT molecular complexity index is 1210. The van der Waals surface area contributed by atoms with Gasteiger partial charge in [-0.2, -0.15) is 9.40 Å². The van der Waals surface area contributed by atoms with Crippen LogP contribution in [0.15, 0.2) is 29.4 Å². The summed E-state index contributed by atoms with van der Waals surface area (Å²) in [5.74, 6) is -0.411. The number of amides is 2. The van der Waals surface area contributed by atoms with Gasteiger partial charge in [0.2, 0.25) is 10.9 Å². The Balaban J connectivity index is 1.52. The Morgan fingerprint density at radius 1 is 1.00 bits per heavy atom. The first-order valence-electron chi connectivity index (χ1n) is 11.7. The number of aryl methyl sites for hydroxylation is 2. The van der Waals surface area contributed by atoms with Crippen LogP contribution in [0.25, 0.3) is 0 Å². The summed E-state index contributed by atoms with van der Waals surface area (Å²) in [6.07, 6.45) is 1.51. The molecular formula is C23H31ClN6O4S. The molecule has 2 amide bonds. The molecule has 0 aliphatic carbocycles. The Kier molecular flexibility index (Phi) is 7.39. The SMILES string of the molecule is CCn1cc(C(=O)N2CCN(C(C)=O)CC2)c(S(=O)(=O)N2CCN(c3cc(Cl)ccc3C)CC2)n1. The van der Waals surface area contributed by atoms with Gasteiger partial charge in [0.25, 0.3) is 15.9 Å². The molecule has 10 nitrogen and oxygen atoms in total. The zero-order valence-corrected chi connectivity index (χ0v) is 21.8. The van der Waals surface area contributed by atoms with E-state index in [9.17, 15) is 18.0 Å². The zero-order valence-electron chi connectivity index (χ0n) is 20.3. The normalized spacial score (nSPS) is 17.7. The number of sulfonamides is 1. The number of halogens is 1. The van der Waals surface area contributed by atoms with E-state index in [1.165, 1.54) is 22.1 Å². The van der Waals surface area contributed by atoms with E-state index < -0.39 is 10.0 Å². The maximum absolute atomic E-state index is 13.6. The molecule has 0 N–H and O–H groups in total. The standard InChI is InChI=1S/C23H31ClN6O4S/c1-4-29-16-20(23(32)28-9-7-26(8-10-28)18(3)31)22(25-29)35(33,34)30-13-11-27(12-14-30)21-15-19(24)6-5-17(21)2/h5-6,15-16H,4,7-14H2,1-3H3. The largest absolute Gasteiger partial charge is 0.369 e. The second-order valence-corrected chi connectivity index (χ2v) is 11.1. The topological polar surface area (TPSA) is 99.1 Å². The molecule has 12 heteroatoms. The first-order valence-corrected chi connectivity index (χ1v) is 13.6. The molecule has 0 unspecified atom stereocenters. The Hall–Kier alpha value is -2.63. The number of hydrogen-bond acceptors (Lipinski definition) is 6. The van der Waals surface area contributed by atoms with Crippen molar-refractivity contribution in [2.75, 3.05) is 57.3 Å². The molecule has 4 rings (SSSR count). The van der Waals surface area contributed by atoms with Gasteiger partial charge >= 0.3 is 0 Å². The van der Waals surface area contributed by atoms with Crippen LogP contribution in [0.1, 0.15) is 29.8 Å². The van der Waals surface area contributed by atoms with Gasteiger partial charge in [-0.05, 0) is 31.5 Å². The first kappa shape index (κ1) is 25.5. The molecule has 2 aliphatic heterocycles. The Morgan fingerprint density at radius 2 is 1.63 bits per heavy atom. The lowest BCUT2D eigenvalue weighted by atomic mass is 10.1. The number of carbonyl (C=O) groups excluding carboxylic acids is 2. The molecule has 190 valence electrons. The van der Waals surface area contributed by atoms with E-state index in [2.05, 4.69) is 10.00 Å². The highest BCUT2D eigenvalue weighted by Crippen LogP contribution is 2.27. The van der Waals surface area contributed by atoms with Crippen LogP contribution in [0.2, 0.25) is 5.02 Å². The molecule has 3 heterocycles. The highest BCUT2D eigenvalue weighted by atomic mass is 35.5. The number of carbonyl (C=O) groups is 2. The molecule has 0 saturated carbocycles. The molecule has 0 bridgehead atoms. The summed E-state index contributed by atoms with van der Waals surface area (Å²) >= 11 is 6.17. The van der Waals surface area contributed by atoms with E-state index in [-0.39, 0.29) is 35.5 Å². The number of nitrogens with zero attached hydrogens (tertiary/aromatic N) is 6. The third kappa shape index (κ3) is 5.17. The number of piperazine rings is 2. The number of aromatic nitrogens is 2. The number of rotatable bonds is 5. The van der Waals surface area contributed by atoms with Gasteiger partial charge in [-0.3, -0.25) is 14.3 Å². The van der Waals surface area contributed by atoms with Crippen LogP contribution >= 0.6 is 11.6 Å². The minimum atomic E-state index is -3.98. The zero-order chi connectivity index (χ0) is 25.3. The average Bonchev–Trinajstić information content (AvgIpc) is 3.31. The maximum Gasteiger partial charge on any atom is 0.263 e. The predicted molar refractivity (Wildman–Crippen MR) is 133 cm³/mol. The minimum absolute atomic E-state index is 0.0359. The van der Waals surface area contributed by atoms with Gasteiger partial charge in [-0.1, -0.05) is 17.7 Å². The summed E-state index contributed by atoms with van der Waals surface area (Å²) in [7, 11) is -3.98. The fourth-order valence-electron chi connectivity index (χ4n) is 4.51. The highest BCUT2D eigenvalue weighted by Gasteiger charge is 2.36. The van der Waals surface area contributed by atoms with E-state index in [1.807, 2.05) is 32.0 Å². The maximum atomic E-state index is 13.6. The molecule has 2 aliphatic rings. The lowest BCUT2D eigenvalue weighted by Crippen LogP contribution is -2.51. The number of benzene rings is 1. The van der Waals surface area contributed by atoms with Crippen molar-refractivity contribution in [2.24, 2.45) is 0 Å². The molecule has 1 aromatic heterocycles. The van der Waals surface area contributed by atoms with Crippen molar-refractivity contribution in [3.8, 4) is 0 Å². The van der Waals surface area contributed by atoms with Gasteiger partial charge in [0, 0.05) is 82.7 Å². The van der Waals surface area contributed by atoms with Crippen molar-refractivity contribution in [3.05, 3.63) is 40.5 Å². The van der Waals surface area contributed by atoms with Crippen molar-refractivity contribution in [1.29, 1.82) is 0 Å². The minimum Gasteiger partial charge on any atom is -0.369 e. The molecule has 2 saturated heterocycles. The third-order valence-corrected chi connectivity index (χ3v) is 8.70. The summed E-state index contributed by atoms with van der Waals surface area (Å²) in [5, 5.41) is 4.72. The summed E-state index contributed by atoms with van der Waals surface area (Å²) in [6.45, 7) is 8.91. The molecule has 35 heavy (non-hydrogen) atoms. The van der Waals surface area contributed by atoms with Crippen molar-refractivity contribution in [3.63, 3.8) is 0 Å². The van der Waals surface area contributed by atoms with Gasteiger partial charge in [0.15, 0.2) is 0 Å². The highest BCUT2D eigenvalue weighted by molar-refractivity contribution is 7.89. The summed E-state index contributed by atoms with van der Waals surface area (Å²) < 4.78 is 30.1. The monoisotopic (exact) mass is 522 g/mol. The van der Waals surface area contributed by atoms with E-state index >= 15 is 0 Å². The fraction of sp³-hybridized carbons (Fsp3) is 0.522. The van der Waals surface area contributed by atoms with E-state index in [4.69, 9.17) is 11.6 Å². The van der Waals surface area contributed by atoms with E-state index in [0.717, 1.165) is 11.3 Å². The van der Waals surface area contributed by atoms with Gasteiger partial charge < -0.3 is 14.7 Å². The van der Waals surface area contributed by atoms with Gasteiger partial charge in [0.1, 0.15) is 0 Å². The smallest absolute Gasteiger partial charge is 0.263 e. The van der Waals surface area contributed by atoms with Crippen molar-refractivity contribution < 1.29 is 18.0 Å². The van der Waals surface area contributed by atoms with Gasteiger partial charge in [-0.25, -0.2) is 8.42 Å². The lowest BCUT2D eigenvalue weighted by Gasteiger charge is -2.36. The summed E-state index contributed by atoms with van der Waals surface area (Å²) in [5.41, 5.74) is 2.15. The summed E-state index contributed by atoms with van der Waals surface area (Å²) in [4.78, 5) is 30.3. The van der Waals surface area contributed by atoms with Crippen LogP contribution in [0.4, 0.5) is 5.69 Å². The first-order chi connectivity index (χ1) is 16.6. The van der Waals surface area contributed by atoms with Crippen LogP contribution in [-0.2, 0) is 21.4 Å². The van der Waals surface area contributed by atoms with Crippen LogP contribution in [0, 0.1) is 6.92 Å². The molecular weight excluding hydrogens is 492 g/mol. The number of hydrogen-bond donors (Lipinski definition) is 0. The Labute approximate surface area is 211 Å². The van der Waals surface area contributed by atoms with E-state index in [0.29, 0.717) is 50.8 Å². The van der Waals surface area contributed by atoms with Crippen LogP contribution in [-0.4, -0.2) is 96.5 Å². The second kappa shape index (κ2) is 10.2. The van der Waals surface area contributed by atoms with Crippen LogP contribution in [0.3, 0.4) is 0 Å². The van der Waals surface area contributed by atoms with Crippen LogP contribution in [0.5, 0.6) is 0 Å². The van der Waals surface area contributed by atoms with Crippen molar-refractivity contribution in [2.45, 2.75) is 32.3 Å². The molecule has 0 spiro atoms. The molecule has 2 fully saturated rings. The molecule has 0 atom stereocenters. The number of anilines is 1. The average molecular weight is 523 g/mol. The fourth-order valence-corrected chi connectivity index (χ4v) is 6.19. The summed E-state index contributed by atoms with van der Waals surface area (Å²) in [6, 6.07) is 5.68. The predicted octanol–water partition coefficient (Wildman–Crippen LogP) is 1.68. The van der Waals surface area contributed by atoms with Crippen LogP contribution < -0.4 is 4.90 Å². The van der Waals surface area contributed by atoms with Crippen molar-refractivity contribution in [1.82, 2.24) is 23.9 Å². The molecule has 2 aromatic rings. The third-order valence-electron chi connectivity index (χ3n) is 6.63. The van der Waals surface area contributed by atoms with E-state index in [1.54, 1.807) is 9.80 Å². The molecule has 1 aromatic carbocycles. The van der Waals surface area contributed by atoms with Crippen molar-refractivity contribution >= 4 is 39.1 Å². The second-order valence-electron chi connectivity index (χ2n) is 8.82. The van der Waals surface area contributed by atoms with Gasteiger partial charge in [-0.15, -0.1) is 0 Å². The Morgan fingerprint density at radius 3 is 2.23 bits per heavy atom. The quantitative estimate of drug-likeness (QED) is 0.592. The van der Waals surface area contributed by atoms with Gasteiger partial charge in [0.05, 0.1) is 5.56 Å².